The predicted molar refractivity (Wildman–Crippen MR) is 83.7 cm³/mol. The van der Waals surface area contributed by atoms with Crippen molar-refractivity contribution in [3.8, 4) is 5.75 Å². The molecule has 0 spiro atoms. The van der Waals surface area contributed by atoms with E-state index in [2.05, 4.69) is 21.2 Å². The van der Waals surface area contributed by atoms with Crippen LogP contribution in [0.15, 0.2) is 34.8 Å². The van der Waals surface area contributed by atoms with Crippen molar-refractivity contribution < 1.29 is 14.6 Å². The van der Waals surface area contributed by atoms with Gasteiger partial charge in [-0.05, 0) is 41.1 Å². The van der Waals surface area contributed by atoms with Crippen molar-refractivity contribution in [3.63, 3.8) is 0 Å². The van der Waals surface area contributed by atoms with Crippen LogP contribution in [-0.2, 0) is 4.79 Å². The summed E-state index contributed by atoms with van der Waals surface area (Å²) in [5, 5.41) is 12.4. The summed E-state index contributed by atoms with van der Waals surface area (Å²) in [5.41, 5.74) is 0.707. The number of thiophene rings is 1. The van der Waals surface area contributed by atoms with Crippen LogP contribution in [0.25, 0.3) is 0 Å². The molecule has 1 atom stereocenters. The van der Waals surface area contributed by atoms with Crippen LogP contribution >= 0.6 is 27.3 Å². The first-order chi connectivity index (χ1) is 9.51. The number of benzene rings is 1. The van der Waals surface area contributed by atoms with Crippen LogP contribution in [-0.4, -0.2) is 18.2 Å². The highest BCUT2D eigenvalue weighted by Crippen LogP contribution is 2.33. The van der Waals surface area contributed by atoms with E-state index >= 15 is 0 Å². The molecule has 2 aromatic rings. The van der Waals surface area contributed by atoms with E-state index in [0.717, 1.165) is 14.2 Å². The quantitative estimate of drug-likeness (QED) is 0.848. The zero-order chi connectivity index (χ0) is 14.7. The monoisotopic (exact) mass is 355 g/mol. The lowest BCUT2D eigenvalue weighted by Crippen LogP contribution is -2.19. The second-order valence-corrected chi connectivity index (χ2v) is 6.34. The zero-order valence-corrected chi connectivity index (χ0v) is 13.4. The molecule has 0 saturated heterocycles. The van der Waals surface area contributed by atoms with Gasteiger partial charge in [-0.25, -0.2) is 4.79 Å². The molecular formula is C14H14BrNO3S. The molecule has 1 aromatic carbocycles. The molecule has 0 fully saturated rings. The fraction of sp³-hybridized carbons (Fsp3) is 0.214. The number of hydrogen-bond donors (Lipinski definition) is 2. The molecule has 2 N–H and O–H groups in total. The number of ether oxygens (including phenoxy) is 1. The van der Waals surface area contributed by atoms with E-state index in [-0.39, 0.29) is 0 Å². The summed E-state index contributed by atoms with van der Waals surface area (Å²) in [7, 11) is 1.58. The Bertz CT molecular complexity index is 607. The summed E-state index contributed by atoms with van der Waals surface area (Å²) in [6, 6.07) is 8.27. The number of carbonyl (C=O) groups is 1. The molecule has 1 unspecified atom stereocenters. The van der Waals surface area contributed by atoms with Crippen molar-refractivity contribution in [1.82, 2.24) is 0 Å². The van der Waals surface area contributed by atoms with Gasteiger partial charge in [0.2, 0.25) is 0 Å². The third-order valence-electron chi connectivity index (χ3n) is 2.79. The largest absolute Gasteiger partial charge is 0.497 e. The third kappa shape index (κ3) is 3.32. The van der Waals surface area contributed by atoms with Gasteiger partial charge in [-0.1, -0.05) is 6.07 Å². The van der Waals surface area contributed by atoms with Gasteiger partial charge in [-0.2, -0.15) is 0 Å². The van der Waals surface area contributed by atoms with E-state index in [1.165, 1.54) is 11.3 Å². The van der Waals surface area contributed by atoms with Gasteiger partial charge >= 0.3 is 5.97 Å². The number of halogens is 1. The van der Waals surface area contributed by atoms with Crippen molar-refractivity contribution in [2.75, 3.05) is 12.4 Å². The molecular weight excluding hydrogens is 342 g/mol. The van der Waals surface area contributed by atoms with Crippen LogP contribution in [0.5, 0.6) is 5.75 Å². The van der Waals surface area contributed by atoms with Gasteiger partial charge in [-0.15, -0.1) is 11.3 Å². The summed E-state index contributed by atoms with van der Waals surface area (Å²) in [6.45, 7) is 1.95. The van der Waals surface area contributed by atoms with Gasteiger partial charge in [0, 0.05) is 26.0 Å². The molecule has 0 amide bonds. The zero-order valence-electron chi connectivity index (χ0n) is 11.0. The Morgan fingerprint density at radius 1 is 1.45 bits per heavy atom. The van der Waals surface area contributed by atoms with Gasteiger partial charge < -0.3 is 15.2 Å². The first-order valence-corrected chi connectivity index (χ1v) is 7.51. The van der Waals surface area contributed by atoms with E-state index in [1.807, 2.05) is 31.2 Å². The van der Waals surface area contributed by atoms with E-state index in [1.54, 1.807) is 13.2 Å². The average Bonchev–Trinajstić information content (AvgIpc) is 2.75. The first-order valence-electron chi connectivity index (χ1n) is 5.90. The van der Waals surface area contributed by atoms with E-state index in [9.17, 15) is 9.90 Å². The van der Waals surface area contributed by atoms with Crippen molar-refractivity contribution in [3.05, 3.63) is 44.6 Å². The molecule has 106 valence electrons. The molecule has 20 heavy (non-hydrogen) atoms. The summed E-state index contributed by atoms with van der Waals surface area (Å²) in [6.07, 6.45) is 0. The van der Waals surface area contributed by atoms with Crippen molar-refractivity contribution in [1.29, 1.82) is 0 Å². The van der Waals surface area contributed by atoms with Crippen molar-refractivity contribution >= 4 is 38.9 Å². The second-order valence-electron chi connectivity index (χ2n) is 4.20. The van der Waals surface area contributed by atoms with E-state index in [0.29, 0.717) is 11.4 Å². The van der Waals surface area contributed by atoms with Crippen LogP contribution in [0.4, 0.5) is 5.69 Å². The topological polar surface area (TPSA) is 58.6 Å². The van der Waals surface area contributed by atoms with Gasteiger partial charge in [-0.3, -0.25) is 0 Å². The Morgan fingerprint density at radius 2 is 2.20 bits per heavy atom. The summed E-state index contributed by atoms with van der Waals surface area (Å²) in [5.74, 6) is -0.232. The molecule has 0 saturated carbocycles. The van der Waals surface area contributed by atoms with Crippen LogP contribution in [0.1, 0.15) is 15.8 Å². The van der Waals surface area contributed by atoms with Gasteiger partial charge in [0.15, 0.2) is 6.04 Å². The van der Waals surface area contributed by atoms with Crippen LogP contribution in [0.3, 0.4) is 0 Å². The van der Waals surface area contributed by atoms with Gasteiger partial charge in [0.05, 0.1) is 7.11 Å². The number of methoxy groups -OCH3 is 1. The summed E-state index contributed by atoms with van der Waals surface area (Å²) < 4.78 is 6.06. The average molecular weight is 356 g/mol. The lowest BCUT2D eigenvalue weighted by Gasteiger charge is -2.14. The highest BCUT2D eigenvalue weighted by molar-refractivity contribution is 9.10. The number of carboxylic acids is 1. The predicted octanol–water partition coefficient (Wildman–Crippen LogP) is 4.07. The molecule has 1 aromatic heterocycles. The van der Waals surface area contributed by atoms with Crippen LogP contribution < -0.4 is 10.1 Å². The Balaban J connectivity index is 2.27. The van der Waals surface area contributed by atoms with Gasteiger partial charge in [0.25, 0.3) is 0 Å². The lowest BCUT2D eigenvalue weighted by atomic mass is 10.2. The first kappa shape index (κ1) is 14.9. The minimum absolute atomic E-state index is 0.683. The number of aryl methyl sites for hydroxylation is 1. The third-order valence-corrected chi connectivity index (χ3v) is 4.99. The molecule has 0 bridgehead atoms. The van der Waals surface area contributed by atoms with Crippen LogP contribution in [0.2, 0.25) is 0 Å². The maximum Gasteiger partial charge on any atom is 0.331 e. The minimum atomic E-state index is -0.915. The Labute approximate surface area is 129 Å². The molecule has 0 aliphatic carbocycles. The fourth-order valence-electron chi connectivity index (χ4n) is 1.76. The Hall–Kier alpha value is -1.53. The number of rotatable bonds is 5. The number of anilines is 1. The Kier molecular flexibility index (Phi) is 4.67. The molecule has 0 radical (unpaired) electrons. The minimum Gasteiger partial charge on any atom is -0.497 e. The summed E-state index contributed by atoms with van der Waals surface area (Å²) >= 11 is 4.87. The SMILES string of the molecule is COc1cccc(NC(C(=O)O)c2cc(Br)c(C)s2)c1. The number of aliphatic carboxylic acids is 1. The lowest BCUT2D eigenvalue weighted by molar-refractivity contribution is -0.138. The number of carboxylic acid groups (broad SMARTS) is 1. The van der Waals surface area contributed by atoms with Crippen molar-refractivity contribution in [2.45, 2.75) is 13.0 Å². The highest BCUT2D eigenvalue weighted by Gasteiger charge is 2.22. The molecule has 6 heteroatoms. The summed E-state index contributed by atoms with van der Waals surface area (Å²) in [4.78, 5) is 13.3. The number of nitrogens with one attached hydrogen (secondary N) is 1. The normalized spacial score (nSPS) is 11.9. The van der Waals surface area contributed by atoms with Gasteiger partial charge in [0.1, 0.15) is 5.75 Å². The van der Waals surface area contributed by atoms with E-state index < -0.39 is 12.0 Å². The smallest absolute Gasteiger partial charge is 0.331 e. The standard InChI is InChI=1S/C14H14BrNO3S/c1-8-11(15)7-12(20-8)13(14(17)18)16-9-4-3-5-10(6-9)19-2/h3-7,13,16H,1-2H3,(H,17,18). The van der Waals surface area contributed by atoms with Crippen LogP contribution in [0, 0.1) is 6.92 Å². The van der Waals surface area contributed by atoms with Crippen molar-refractivity contribution in [2.24, 2.45) is 0 Å². The maximum absolute atomic E-state index is 11.5. The highest BCUT2D eigenvalue weighted by atomic mass is 79.9. The van der Waals surface area contributed by atoms with E-state index in [4.69, 9.17) is 4.74 Å². The Morgan fingerprint density at radius 3 is 2.75 bits per heavy atom. The molecule has 0 aliphatic rings. The number of hydrogen-bond acceptors (Lipinski definition) is 4. The fourth-order valence-corrected chi connectivity index (χ4v) is 3.36. The second kappa shape index (κ2) is 6.28. The maximum atomic E-state index is 11.5. The molecule has 2 rings (SSSR count). The molecule has 4 nitrogen and oxygen atoms in total. The molecule has 1 heterocycles. The molecule has 0 aliphatic heterocycles.